The van der Waals surface area contributed by atoms with Gasteiger partial charge < -0.3 is 9.72 Å². The van der Waals surface area contributed by atoms with Crippen molar-refractivity contribution < 1.29 is 23.5 Å². The molecule has 0 saturated carbocycles. The van der Waals surface area contributed by atoms with Gasteiger partial charge in [-0.3, -0.25) is 14.7 Å². The van der Waals surface area contributed by atoms with Crippen molar-refractivity contribution in [2.24, 2.45) is 0 Å². The van der Waals surface area contributed by atoms with E-state index in [0.717, 1.165) is 6.20 Å². The van der Waals surface area contributed by atoms with Crippen molar-refractivity contribution >= 4 is 28.9 Å². The largest absolute Gasteiger partial charge is 0.461 e. The van der Waals surface area contributed by atoms with E-state index < -0.39 is 17.6 Å². The summed E-state index contributed by atoms with van der Waals surface area (Å²) >= 11 is 0. The molecule has 0 aliphatic heterocycles. The second kappa shape index (κ2) is 6.03. The Morgan fingerprint density at radius 3 is 2.92 bits per heavy atom. The third-order valence-electron chi connectivity index (χ3n) is 3.35. The van der Waals surface area contributed by atoms with Crippen LogP contribution in [0.25, 0.3) is 22.3 Å². The molecule has 0 radical (unpaired) electrons. The van der Waals surface area contributed by atoms with Gasteiger partial charge in [0.1, 0.15) is 17.1 Å². The summed E-state index contributed by atoms with van der Waals surface area (Å²) in [5.74, 6) is -2.19. The number of esters is 1. The normalized spacial score (nSPS) is 10.8. The molecule has 0 atom stereocenters. The Balaban J connectivity index is 2.13. The van der Waals surface area contributed by atoms with Crippen molar-refractivity contribution in [2.45, 2.75) is 6.92 Å². The maximum absolute atomic E-state index is 14.1. The van der Waals surface area contributed by atoms with Crippen LogP contribution < -0.4 is 0 Å². The molecule has 3 heterocycles. The van der Waals surface area contributed by atoms with Crippen LogP contribution in [0, 0.1) is 5.82 Å². The number of aldehydes is 1. The van der Waals surface area contributed by atoms with Crippen LogP contribution in [0.3, 0.4) is 0 Å². The predicted octanol–water partition coefficient (Wildman–Crippen LogP) is 1.65. The minimum absolute atomic E-state index is 0.0576. The predicted molar refractivity (Wildman–Crippen MR) is 80.0 cm³/mol. The molecule has 0 bridgehead atoms. The second-order valence-electron chi connectivity index (χ2n) is 4.78. The van der Waals surface area contributed by atoms with Crippen LogP contribution >= 0.6 is 0 Å². The minimum Gasteiger partial charge on any atom is -0.461 e. The molecule has 0 saturated heterocycles. The van der Waals surface area contributed by atoms with Crippen molar-refractivity contribution in [1.82, 2.24) is 20.2 Å². The van der Waals surface area contributed by atoms with Crippen LogP contribution in [-0.2, 0) is 9.53 Å². The fourth-order valence-corrected chi connectivity index (χ4v) is 2.32. The first-order valence-corrected chi connectivity index (χ1v) is 6.94. The molecular formula is C15H11FN4O4. The topological polar surface area (TPSA) is 118 Å². The first kappa shape index (κ1) is 15.5. The number of H-pyrrole nitrogens is 2. The number of hydrogen-bond donors (Lipinski definition) is 2. The summed E-state index contributed by atoms with van der Waals surface area (Å²) < 4.78 is 18.9. The molecule has 0 spiro atoms. The van der Waals surface area contributed by atoms with E-state index in [4.69, 9.17) is 4.74 Å². The molecule has 3 aromatic heterocycles. The summed E-state index contributed by atoms with van der Waals surface area (Å²) in [5, 5.41) is 6.41. The number of nitrogens with zero attached hydrogens (tertiary/aromatic N) is 2. The highest BCUT2D eigenvalue weighted by Crippen LogP contribution is 2.29. The number of rotatable bonds is 5. The third kappa shape index (κ3) is 2.45. The molecule has 0 aliphatic carbocycles. The molecule has 0 unspecified atom stereocenters. The van der Waals surface area contributed by atoms with Crippen molar-refractivity contribution in [1.29, 1.82) is 0 Å². The number of nitrogens with one attached hydrogen (secondary N) is 2. The third-order valence-corrected chi connectivity index (χ3v) is 3.35. The van der Waals surface area contributed by atoms with Gasteiger partial charge in [0.2, 0.25) is 5.78 Å². The summed E-state index contributed by atoms with van der Waals surface area (Å²) in [7, 11) is 0. The molecule has 2 N–H and O–H groups in total. The lowest BCUT2D eigenvalue weighted by Crippen LogP contribution is -2.04. The highest BCUT2D eigenvalue weighted by molar-refractivity contribution is 6.36. The molecule has 122 valence electrons. The van der Waals surface area contributed by atoms with E-state index in [1.54, 1.807) is 6.92 Å². The van der Waals surface area contributed by atoms with Crippen molar-refractivity contribution in [3.63, 3.8) is 0 Å². The SMILES string of the molecule is CCOC(=O)c1cc(-c2ncc(F)c3c(C(=O)C=O)c[nH]c23)n[nH]1. The first-order chi connectivity index (χ1) is 11.6. The van der Waals surface area contributed by atoms with E-state index >= 15 is 0 Å². The Morgan fingerprint density at radius 2 is 2.21 bits per heavy atom. The van der Waals surface area contributed by atoms with Gasteiger partial charge in [0.15, 0.2) is 12.1 Å². The van der Waals surface area contributed by atoms with Gasteiger partial charge in [-0.05, 0) is 6.92 Å². The fraction of sp³-hybridized carbons (Fsp3) is 0.133. The molecule has 8 nitrogen and oxygen atoms in total. The van der Waals surface area contributed by atoms with Gasteiger partial charge in [0, 0.05) is 12.3 Å². The number of ether oxygens (including phenoxy) is 1. The van der Waals surface area contributed by atoms with Crippen LogP contribution in [-0.4, -0.2) is 44.8 Å². The molecule has 0 aliphatic rings. The number of halogens is 1. The number of Topliss-reactive ketones (excluding diaryl/α,β-unsaturated/α-hetero) is 1. The van der Waals surface area contributed by atoms with Gasteiger partial charge in [0.25, 0.3) is 0 Å². The fourth-order valence-electron chi connectivity index (χ4n) is 2.32. The lowest BCUT2D eigenvalue weighted by atomic mass is 10.1. The Kier molecular flexibility index (Phi) is 3.90. The average Bonchev–Trinajstić information content (AvgIpc) is 3.22. The highest BCUT2D eigenvalue weighted by Gasteiger charge is 2.21. The number of hydrogen-bond acceptors (Lipinski definition) is 6. The van der Waals surface area contributed by atoms with E-state index in [1.807, 2.05) is 0 Å². The van der Waals surface area contributed by atoms with Crippen LogP contribution in [0.2, 0.25) is 0 Å². The van der Waals surface area contributed by atoms with E-state index in [9.17, 15) is 18.8 Å². The Bertz CT molecular complexity index is 960. The van der Waals surface area contributed by atoms with Crippen molar-refractivity contribution in [2.75, 3.05) is 6.61 Å². The summed E-state index contributed by atoms with van der Waals surface area (Å²) in [6.07, 6.45) is 2.26. The van der Waals surface area contributed by atoms with Gasteiger partial charge in [-0.25, -0.2) is 14.2 Å². The standard InChI is InChI=1S/C15H11FN4O4/c1-2-24-15(23)10-3-9(19-20-10)13-14-12(8(16)5-18-13)7(4-17-14)11(22)6-21/h3-6,17H,2H2,1H3,(H,19,20). The monoisotopic (exact) mass is 330 g/mol. The Morgan fingerprint density at radius 1 is 1.42 bits per heavy atom. The first-order valence-electron chi connectivity index (χ1n) is 6.94. The van der Waals surface area contributed by atoms with Gasteiger partial charge in [-0.2, -0.15) is 5.10 Å². The van der Waals surface area contributed by atoms with E-state index in [0.29, 0.717) is 0 Å². The molecule has 24 heavy (non-hydrogen) atoms. The number of pyridine rings is 1. The van der Waals surface area contributed by atoms with Gasteiger partial charge in [-0.1, -0.05) is 0 Å². The second-order valence-corrected chi connectivity index (χ2v) is 4.78. The van der Waals surface area contributed by atoms with E-state index in [1.165, 1.54) is 12.3 Å². The van der Waals surface area contributed by atoms with Crippen molar-refractivity contribution in [3.05, 3.63) is 35.5 Å². The van der Waals surface area contributed by atoms with E-state index in [-0.39, 0.29) is 46.4 Å². The quantitative estimate of drug-likeness (QED) is 0.318. The van der Waals surface area contributed by atoms with Crippen LogP contribution in [0.5, 0.6) is 0 Å². The molecular weight excluding hydrogens is 319 g/mol. The Labute approximate surface area is 134 Å². The van der Waals surface area contributed by atoms with Crippen LogP contribution in [0.15, 0.2) is 18.5 Å². The Hall–Kier alpha value is -3.36. The summed E-state index contributed by atoms with van der Waals surface area (Å²) in [4.78, 5) is 40.6. The molecule has 3 aromatic rings. The molecule has 3 rings (SSSR count). The zero-order valence-corrected chi connectivity index (χ0v) is 12.4. The maximum atomic E-state index is 14.1. The average molecular weight is 330 g/mol. The summed E-state index contributed by atoms with van der Waals surface area (Å²) in [6.45, 7) is 1.88. The van der Waals surface area contributed by atoms with Crippen molar-refractivity contribution in [3.8, 4) is 11.4 Å². The molecule has 0 fully saturated rings. The molecule has 0 aromatic carbocycles. The van der Waals surface area contributed by atoms with Gasteiger partial charge in [-0.15, -0.1) is 0 Å². The summed E-state index contributed by atoms with van der Waals surface area (Å²) in [5.41, 5.74) is 0.699. The van der Waals surface area contributed by atoms with Gasteiger partial charge >= 0.3 is 5.97 Å². The van der Waals surface area contributed by atoms with Crippen LogP contribution in [0.4, 0.5) is 4.39 Å². The number of carbonyl (C=O) groups is 3. The smallest absolute Gasteiger partial charge is 0.356 e. The number of aromatic nitrogens is 4. The van der Waals surface area contributed by atoms with Gasteiger partial charge in [0.05, 0.1) is 29.3 Å². The number of fused-ring (bicyclic) bond motifs is 1. The zero-order chi connectivity index (χ0) is 17.3. The maximum Gasteiger partial charge on any atom is 0.356 e. The lowest BCUT2D eigenvalue weighted by molar-refractivity contribution is -0.104. The minimum atomic E-state index is -0.855. The summed E-state index contributed by atoms with van der Waals surface area (Å²) in [6, 6.07) is 1.40. The zero-order valence-electron chi connectivity index (χ0n) is 12.4. The lowest BCUT2D eigenvalue weighted by Gasteiger charge is -2.00. The number of carbonyl (C=O) groups excluding carboxylic acids is 3. The highest BCUT2D eigenvalue weighted by atomic mass is 19.1. The number of ketones is 1. The van der Waals surface area contributed by atoms with Crippen LogP contribution in [0.1, 0.15) is 27.8 Å². The number of aromatic amines is 2. The molecule has 9 heteroatoms. The molecule has 0 amide bonds. The van der Waals surface area contributed by atoms with E-state index in [2.05, 4.69) is 20.2 Å².